The second-order valence-electron chi connectivity index (χ2n) is 6.51. The lowest BCUT2D eigenvalue weighted by Crippen LogP contribution is -2.58. The first-order valence-electron chi connectivity index (χ1n) is 8.10. The fraction of sp³-hybridized carbons (Fsp3) is 0.647. The number of rotatable bonds is 2. The molecule has 0 spiro atoms. The van der Waals surface area contributed by atoms with Gasteiger partial charge in [-0.15, -0.1) is 0 Å². The van der Waals surface area contributed by atoms with E-state index in [9.17, 15) is 8.78 Å². The van der Waals surface area contributed by atoms with Crippen molar-refractivity contribution in [2.24, 2.45) is 5.92 Å². The van der Waals surface area contributed by atoms with Crippen LogP contribution in [0.25, 0.3) is 0 Å². The van der Waals surface area contributed by atoms with Gasteiger partial charge < -0.3 is 10.2 Å². The van der Waals surface area contributed by atoms with Crippen molar-refractivity contribution >= 4 is 5.69 Å². The Morgan fingerprint density at radius 1 is 1.14 bits per heavy atom. The zero-order chi connectivity index (χ0) is 14.8. The lowest BCUT2D eigenvalue weighted by Gasteiger charge is -2.44. The van der Waals surface area contributed by atoms with Gasteiger partial charge in [0.1, 0.15) is 11.6 Å². The lowest BCUT2D eigenvalue weighted by molar-refractivity contribution is 0.244. The van der Waals surface area contributed by atoms with Crippen molar-refractivity contribution in [3.05, 3.63) is 29.8 Å². The Hall–Kier alpha value is -1.16. The van der Waals surface area contributed by atoms with Gasteiger partial charge in [0.25, 0.3) is 0 Å². The van der Waals surface area contributed by atoms with E-state index in [2.05, 4.69) is 12.2 Å². The summed E-state index contributed by atoms with van der Waals surface area (Å²) in [6.45, 7) is 3.66. The SMILES string of the molecule is CC1CNC(C2CCCCC2)CN1c1cc(F)ccc1F. The van der Waals surface area contributed by atoms with Gasteiger partial charge in [0, 0.05) is 31.2 Å². The van der Waals surface area contributed by atoms with Crippen molar-refractivity contribution in [2.45, 2.75) is 51.1 Å². The number of hydrogen-bond acceptors (Lipinski definition) is 2. The summed E-state index contributed by atoms with van der Waals surface area (Å²) in [7, 11) is 0. The first kappa shape index (κ1) is 14.8. The van der Waals surface area contributed by atoms with E-state index in [1.165, 1.54) is 50.3 Å². The molecule has 1 N–H and O–H groups in total. The first-order chi connectivity index (χ1) is 10.1. The Kier molecular flexibility index (Phi) is 4.43. The maximum Gasteiger partial charge on any atom is 0.146 e. The zero-order valence-electron chi connectivity index (χ0n) is 12.6. The van der Waals surface area contributed by atoms with Crippen molar-refractivity contribution in [2.75, 3.05) is 18.0 Å². The lowest BCUT2D eigenvalue weighted by atomic mass is 9.82. The maximum absolute atomic E-state index is 14.1. The van der Waals surface area contributed by atoms with E-state index in [1.807, 2.05) is 4.90 Å². The molecular weight excluding hydrogens is 270 g/mol. The number of benzene rings is 1. The molecule has 116 valence electrons. The van der Waals surface area contributed by atoms with Crippen molar-refractivity contribution in [3.8, 4) is 0 Å². The molecule has 1 aromatic carbocycles. The second-order valence-corrected chi connectivity index (χ2v) is 6.51. The molecule has 2 atom stereocenters. The summed E-state index contributed by atoms with van der Waals surface area (Å²) in [4.78, 5) is 2.04. The van der Waals surface area contributed by atoms with Gasteiger partial charge in [0.05, 0.1) is 5.69 Å². The molecule has 4 heteroatoms. The maximum atomic E-state index is 14.1. The molecule has 0 amide bonds. The van der Waals surface area contributed by atoms with Crippen molar-refractivity contribution in [1.29, 1.82) is 0 Å². The fourth-order valence-corrected chi connectivity index (χ4v) is 3.78. The quantitative estimate of drug-likeness (QED) is 0.894. The third-order valence-corrected chi connectivity index (χ3v) is 5.04. The van der Waals surface area contributed by atoms with E-state index in [0.717, 1.165) is 13.1 Å². The summed E-state index contributed by atoms with van der Waals surface area (Å²) in [6, 6.07) is 4.32. The molecule has 1 aliphatic carbocycles. The zero-order valence-corrected chi connectivity index (χ0v) is 12.6. The molecule has 2 nitrogen and oxygen atoms in total. The summed E-state index contributed by atoms with van der Waals surface area (Å²) in [5.41, 5.74) is 0.407. The average molecular weight is 294 g/mol. The predicted molar refractivity (Wildman–Crippen MR) is 81.5 cm³/mol. The monoisotopic (exact) mass is 294 g/mol. The van der Waals surface area contributed by atoms with E-state index >= 15 is 0 Å². The fourth-order valence-electron chi connectivity index (χ4n) is 3.78. The van der Waals surface area contributed by atoms with Gasteiger partial charge in [-0.2, -0.15) is 0 Å². The van der Waals surface area contributed by atoms with E-state index < -0.39 is 0 Å². The van der Waals surface area contributed by atoms with Crippen LogP contribution in [0.1, 0.15) is 39.0 Å². The number of nitrogens with one attached hydrogen (secondary N) is 1. The van der Waals surface area contributed by atoms with Crippen LogP contribution in [0, 0.1) is 17.6 Å². The highest BCUT2D eigenvalue weighted by Crippen LogP contribution is 2.31. The minimum Gasteiger partial charge on any atom is -0.364 e. The molecular formula is C17H24F2N2. The number of nitrogens with zero attached hydrogens (tertiary/aromatic N) is 1. The van der Waals surface area contributed by atoms with Gasteiger partial charge in [-0.25, -0.2) is 8.78 Å². The normalized spacial score (nSPS) is 27.9. The predicted octanol–water partition coefficient (Wildman–Crippen LogP) is 3.71. The molecule has 1 saturated carbocycles. The Labute approximate surface area is 125 Å². The van der Waals surface area contributed by atoms with Gasteiger partial charge in [-0.1, -0.05) is 19.3 Å². The molecule has 0 aromatic heterocycles. The summed E-state index contributed by atoms with van der Waals surface area (Å²) in [6.07, 6.45) is 6.44. The summed E-state index contributed by atoms with van der Waals surface area (Å²) in [5.74, 6) is -0.0238. The highest BCUT2D eigenvalue weighted by molar-refractivity contribution is 5.49. The third kappa shape index (κ3) is 3.20. The number of anilines is 1. The van der Waals surface area contributed by atoms with Crippen LogP contribution in [0.2, 0.25) is 0 Å². The van der Waals surface area contributed by atoms with Crippen LogP contribution >= 0.6 is 0 Å². The van der Waals surface area contributed by atoms with Crippen LogP contribution < -0.4 is 10.2 Å². The highest BCUT2D eigenvalue weighted by atomic mass is 19.1. The van der Waals surface area contributed by atoms with E-state index in [1.54, 1.807) is 0 Å². The largest absolute Gasteiger partial charge is 0.364 e. The molecule has 2 unspecified atom stereocenters. The standard InChI is InChI=1S/C17H24F2N2/c1-12-10-20-16(13-5-3-2-4-6-13)11-21(12)17-9-14(18)7-8-15(17)19/h7-9,12-13,16,20H,2-6,10-11H2,1H3. The van der Waals surface area contributed by atoms with Gasteiger partial charge in [-0.3, -0.25) is 0 Å². The van der Waals surface area contributed by atoms with Crippen LogP contribution in [-0.4, -0.2) is 25.2 Å². The van der Waals surface area contributed by atoms with E-state index in [0.29, 0.717) is 17.6 Å². The summed E-state index contributed by atoms with van der Waals surface area (Å²) < 4.78 is 27.5. The van der Waals surface area contributed by atoms with Gasteiger partial charge in [-0.05, 0) is 37.8 Å². The molecule has 0 radical (unpaired) electrons. The van der Waals surface area contributed by atoms with Gasteiger partial charge in [0.15, 0.2) is 0 Å². The third-order valence-electron chi connectivity index (χ3n) is 5.04. The van der Waals surface area contributed by atoms with Gasteiger partial charge >= 0.3 is 0 Å². The molecule has 1 heterocycles. The highest BCUT2D eigenvalue weighted by Gasteiger charge is 2.32. The smallest absolute Gasteiger partial charge is 0.146 e. The minimum atomic E-state index is -0.369. The average Bonchev–Trinajstić information content (AvgIpc) is 2.51. The topological polar surface area (TPSA) is 15.3 Å². The van der Waals surface area contributed by atoms with Crippen LogP contribution in [0.15, 0.2) is 18.2 Å². The molecule has 3 rings (SSSR count). The Balaban J connectivity index is 1.78. The number of piperazine rings is 1. The van der Waals surface area contributed by atoms with Crippen LogP contribution in [0.5, 0.6) is 0 Å². The van der Waals surface area contributed by atoms with Crippen molar-refractivity contribution in [1.82, 2.24) is 5.32 Å². The summed E-state index contributed by atoms with van der Waals surface area (Å²) in [5, 5.41) is 3.61. The molecule has 2 fully saturated rings. The molecule has 2 aliphatic rings. The van der Waals surface area contributed by atoms with Crippen molar-refractivity contribution < 1.29 is 8.78 Å². The van der Waals surface area contributed by atoms with Gasteiger partial charge in [0.2, 0.25) is 0 Å². The Bertz CT molecular complexity index is 486. The molecule has 21 heavy (non-hydrogen) atoms. The molecule has 1 saturated heterocycles. The van der Waals surface area contributed by atoms with E-state index in [-0.39, 0.29) is 17.7 Å². The summed E-state index contributed by atoms with van der Waals surface area (Å²) >= 11 is 0. The van der Waals surface area contributed by atoms with E-state index in [4.69, 9.17) is 0 Å². The van der Waals surface area contributed by atoms with Crippen molar-refractivity contribution in [3.63, 3.8) is 0 Å². The second kappa shape index (κ2) is 6.30. The Morgan fingerprint density at radius 2 is 1.90 bits per heavy atom. The first-order valence-corrected chi connectivity index (χ1v) is 8.10. The number of halogens is 2. The van der Waals surface area contributed by atoms with Crippen LogP contribution in [0.3, 0.4) is 0 Å². The van der Waals surface area contributed by atoms with Crippen LogP contribution in [-0.2, 0) is 0 Å². The Morgan fingerprint density at radius 3 is 2.67 bits per heavy atom. The minimum absolute atomic E-state index is 0.182. The molecule has 1 aliphatic heterocycles. The number of hydrogen-bond donors (Lipinski definition) is 1. The molecule has 1 aromatic rings. The van der Waals surface area contributed by atoms with Crippen LogP contribution in [0.4, 0.5) is 14.5 Å². The molecule has 0 bridgehead atoms.